The number of carbonyl (C=O) groups excluding carboxylic acids is 1. The number of hydrogen-bond donors (Lipinski definition) is 1. The number of aliphatic hydroxyl groups is 1. The Hall–Kier alpha value is -2.16. The molecule has 0 unspecified atom stereocenters. The molecular weight excluding hydrogens is 428 g/mol. The number of ether oxygens (including phenoxy) is 4. The van der Waals surface area contributed by atoms with Crippen LogP contribution < -0.4 is 0 Å². The van der Waals surface area contributed by atoms with E-state index < -0.39 is 24.6 Å². The van der Waals surface area contributed by atoms with Crippen molar-refractivity contribution in [2.24, 2.45) is 0 Å². The van der Waals surface area contributed by atoms with E-state index in [-0.39, 0.29) is 17.6 Å². The summed E-state index contributed by atoms with van der Waals surface area (Å²) in [6, 6.07) is 19.7. The number of rotatable bonds is 8. The molecule has 0 amide bonds. The van der Waals surface area contributed by atoms with Gasteiger partial charge in [0, 0.05) is 0 Å². The van der Waals surface area contributed by atoms with Crippen LogP contribution in [-0.2, 0) is 37.0 Å². The predicted molar refractivity (Wildman–Crippen MR) is 122 cm³/mol. The van der Waals surface area contributed by atoms with E-state index in [4.69, 9.17) is 18.9 Å². The Bertz CT molecular complexity index is 932. The highest BCUT2D eigenvalue weighted by molar-refractivity contribution is 8.04. The van der Waals surface area contributed by atoms with Gasteiger partial charge in [-0.25, -0.2) is 0 Å². The molecule has 1 fully saturated rings. The van der Waals surface area contributed by atoms with Crippen molar-refractivity contribution >= 4 is 17.5 Å². The number of benzene rings is 2. The molecule has 32 heavy (non-hydrogen) atoms. The third kappa shape index (κ3) is 5.24. The summed E-state index contributed by atoms with van der Waals surface area (Å²) in [5, 5.41) is 9.75. The van der Waals surface area contributed by atoms with Crippen molar-refractivity contribution in [3.8, 4) is 0 Å². The Morgan fingerprint density at radius 2 is 1.53 bits per heavy atom. The summed E-state index contributed by atoms with van der Waals surface area (Å²) in [5.41, 5.74) is 2.04. The molecule has 2 aromatic carbocycles. The molecule has 2 aliphatic rings. The Morgan fingerprint density at radius 1 is 0.969 bits per heavy atom. The monoisotopic (exact) mass is 456 g/mol. The number of allylic oxidation sites excluding steroid dienone is 2. The fourth-order valence-corrected chi connectivity index (χ4v) is 5.20. The van der Waals surface area contributed by atoms with Gasteiger partial charge in [-0.1, -0.05) is 60.7 Å². The van der Waals surface area contributed by atoms with E-state index in [2.05, 4.69) is 0 Å². The van der Waals surface area contributed by atoms with Crippen molar-refractivity contribution in [1.29, 1.82) is 0 Å². The molecule has 0 saturated carbocycles. The average molecular weight is 457 g/mol. The van der Waals surface area contributed by atoms with Crippen molar-refractivity contribution in [3.05, 3.63) is 82.5 Å². The molecule has 0 bridgehead atoms. The van der Waals surface area contributed by atoms with Gasteiger partial charge in [-0.05, 0) is 25.0 Å². The van der Waals surface area contributed by atoms with Crippen LogP contribution in [0.15, 0.2) is 71.3 Å². The Kier molecular flexibility index (Phi) is 7.65. The number of thioether (sulfide) groups is 1. The first-order chi connectivity index (χ1) is 15.6. The van der Waals surface area contributed by atoms with Gasteiger partial charge in [-0.15, -0.1) is 11.8 Å². The number of Topliss-reactive ketones (excluding diaryl/α,β-unsaturated/α-hetero) is 1. The van der Waals surface area contributed by atoms with Gasteiger partial charge in [-0.2, -0.15) is 0 Å². The van der Waals surface area contributed by atoms with E-state index in [1.165, 1.54) is 18.7 Å². The molecule has 0 spiro atoms. The van der Waals surface area contributed by atoms with Crippen LogP contribution in [0.2, 0.25) is 0 Å². The van der Waals surface area contributed by atoms with Gasteiger partial charge in [0.2, 0.25) is 6.29 Å². The highest BCUT2D eigenvalue weighted by Crippen LogP contribution is 2.43. The molecule has 1 saturated heterocycles. The number of hydrogen-bond acceptors (Lipinski definition) is 7. The smallest absolute Gasteiger partial charge is 0.214 e. The van der Waals surface area contributed by atoms with Crippen molar-refractivity contribution in [2.75, 3.05) is 6.61 Å². The van der Waals surface area contributed by atoms with Crippen LogP contribution in [0.5, 0.6) is 0 Å². The summed E-state index contributed by atoms with van der Waals surface area (Å²) in [4.78, 5) is 12.7. The zero-order chi connectivity index (χ0) is 22.5. The fourth-order valence-electron chi connectivity index (χ4n) is 3.95. The van der Waals surface area contributed by atoms with E-state index in [1.54, 1.807) is 6.92 Å². The van der Waals surface area contributed by atoms with Gasteiger partial charge >= 0.3 is 0 Å². The average Bonchev–Trinajstić information content (AvgIpc) is 2.81. The fraction of sp³-hybridized carbons (Fsp3) is 0.400. The van der Waals surface area contributed by atoms with Gasteiger partial charge in [0.1, 0.15) is 29.3 Å². The molecular formula is C25H28O6S. The molecule has 2 aromatic rings. The minimum absolute atomic E-state index is 0.0567. The van der Waals surface area contributed by atoms with Crippen molar-refractivity contribution < 1.29 is 28.8 Å². The molecule has 5 atom stereocenters. The summed E-state index contributed by atoms with van der Waals surface area (Å²) in [6.07, 6.45) is -2.25. The quantitative estimate of drug-likeness (QED) is 0.647. The van der Waals surface area contributed by atoms with Gasteiger partial charge in [0.25, 0.3) is 0 Å². The second-order valence-corrected chi connectivity index (χ2v) is 9.08. The number of ketones is 1. The first-order valence-corrected chi connectivity index (χ1v) is 11.6. The molecule has 4 rings (SSSR count). The maximum atomic E-state index is 12.2. The second-order valence-electron chi connectivity index (χ2n) is 7.89. The summed E-state index contributed by atoms with van der Waals surface area (Å²) in [6.45, 7) is 3.78. The maximum absolute atomic E-state index is 12.2. The number of aliphatic hydroxyl groups excluding tert-OH is 1. The third-order valence-electron chi connectivity index (χ3n) is 5.53. The van der Waals surface area contributed by atoms with Gasteiger partial charge in [0.05, 0.1) is 24.7 Å². The van der Waals surface area contributed by atoms with Gasteiger partial charge in [-0.3, -0.25) is 4.79 Å². The molecule has 7 heteroatoms. The van der Waals surface area contributed by atoms with Crippen LogP contribution in [0.1, 0.15) is 25.0 Å². The van der Waals surface area contributed by atoms with Crippen LogP contribution in [-0.4, -0.2) is 47.3 Å². The molecule has 6 nitrogen and oxygen atoms in total. The van der Waals surface area contributed by atoms with E-state index in [0.29, 0.717) is 23.9 Å². The topological polar surface area (TPSA) is 74.2 Å². The van der Waals surface area contributed by atoms with E-state index in [0.717, 1.165) is 11.1 Å². The van der Waals surface area contributed by atoms with Crippen LogP contribution >= 0.6 is 11.8 Å². The normalized spacial score (nSPS) is 27.5. The zero-order valence-corrected chi connectivity index (χ0v) is 19.0. The lowest BCUT2D eigenvalue weighted by atomic mass is 10.00. The standard InChI is InChI=1S/C25H28O6S/c1-16(27)23-17(2)30-25-24(32-23)22(29-15-19-11-7-4-8-12-19)21(20(13-26)31-25)28-14-18-9-5-3-6-10-18/h3-12,20-22,24-26H,13-15H2,1-2H3/t20-,21-,22+,24-,25+/m1/s1. The second kappa shape index (κ2) is 10.6. The lowest BCUT2D eigenvalue weighted by Gasteiger charge is -2.47. The Balaban J connectivity index is 1.59. The van der Waals surface area contributed by atoms with Gasteiger partial charge < -0.3 is 24.1 Å². The lowest BCUT2D eigenvalue weighted by molar-refractivity contribution is -0.263. The lowest BCUT2D eigenvalue weighted by Crippen LogP contribution is -2.60. The van der Waals surface area contributed by atoms with E-state index in [9.17, 15) is 9.90 Å². The van der Waals surface area contributed by atoms with E-state index >= 15 is 0 Å². The summed E-state index contributed by atoms with van der Waals surface area (Å²) in [5.74, 6) is 0.477. The molecule has 0 radical (unpaired) electrons. The molecule has 2 aliphatic heterocycles. The molecule has 170 valence electrons. The highest BCUT2D eigenvalue weighted by Gasteiger charge is 2.51. The SMILES string of the molecule is CC(=O)C1=C(C)O[C@H]2O[C@H](CO)[C@@H](OCc3ccccc3)[C@H](OCc3ccccc3)[C@H]2S1. The summed E-state index contributed by atoms with van der Waals surface area (Å²) in [7, 11) is 0. The maximum Gasteiger partial charge on any atom is 0.214 e. The largest absolute Gasteiger partial charge is 0.467 e. The Morgan fingerprint density at radius 3 is 2.06 bits per heavy atom. The molecule has 1 N–H and O–H groups in total. The number of fused-ring (bicyclic) bond motifs is 1. The first kappa shape index (κ1) is 23.0. The molecule has 0 aromatic heterocycles. The highest BCUT2D eigenvalue weighted by atomic mass is 32.2. The summed E-state index contributed by atoms with van der Waals surface area (Å²) >= 11 is 1.41. The van der Waals surface area contributed by atoms with Crippen LogP contribution in [0.4, 0.5) is 0 Å². The minimum atomic E-state index is -0.641. The molecule has 2 heterocycles. The van der Waals surface area contributed by atoms with Crippen molar-refractivity contribution in [1.82, 2.24) is 0 Å². The van der Waals surface area contributed by atoms with Crippen LogP contribution in [0, 0.1) is 0 Å². The number of carbonyl (C=O) groups is 1. The van der Waals surface area contributed by atoms with Crippen LogP contribution in [0.3, 0.4) is 0 Å². The Labute approximate surface area is 192 Å². The molecule has 0 aliphatic carbocycles. The van der Waals surface area contributed by atoms with Gasteiger partial charge in [0.15, 0.2) is 5.78 Å². The third-order valence-corrected chi connectivity index (χ3v) is 7.10. The van der Waals surface area contributed by atoms with Crippen molar-refractivity contribution in [2.45, 2.75) is 56.9 Å². The predicted octanol–water partition coefficient (Wildman–Crippen LogP) is 3.83. The van der Waals surface area contributed by atoms with Crippen LogP contribution in [0.25, 0.3) is 0 Å². The minimum Gasteiger partial charge on any atom is -0.467 e. The van der Waals surface area contributed by atoms with E-state index in [1.807, 2.05) is 60.7 Å². The zero-order valence-electron chi connectivity index (χ0n) is 18.2. The summed E-state index contributed by atoms with van der Waals surface area (Å²) < 4.78 is 24.7. The van der Waals surface area contributed by atoms with Crippen molar-refractivity contribution in [3.63, 3.8) is 0 Å². The first-order valence-electron chi connectivity index (χ1n) is 10.7.